The molecule has 0 radical (unpaired) electrons. The van der Waals surface area contributed by atoms with Crippen LogP contribution in [0.15, 0.2) is 109 Å². The third-order valence-corrected chi connectivity index (χ3v) is 7.80. The van der Waals surface area contributed by atoms with Crippen LogP contribution in [0.1, 0.15) is 55.9 Å². The maximum atomic E-state index is 12.6. The lowest BCUT2D eigenvalue weighted by atomic mass is 9.80. The van der Waals surface area contributed by atoms with E-state index >= 15 is 0 Å². The lowest BCUT2D eigenvalue weighted by Crippen LogP contribution is -2.46. The molecule has 2 atom stereocenters. The van der Waals surface area contributed by atoms with E-state index in [1.165, 1.54) is 0 Å². The van der Waals surface area contributed by atoms with Crippen LogP contribution in [0.3, 0.4) is 0 Å². The number of benzene rings is 4. The van der Waals surface area contributed by atoms with E-state index in [1.807, 2.05) is 81.4 Å². The Labute approximate surface area is 259 Å². The van der Waals surface area contributed by atoms with Gasteiger partial charge in [-0.05, 0) is 68.0 Å². The molecule has 4 aromatic rings. The molecule has 1 fully saturated rings. The number of phenolic OH excluding ortho intramolecular Hbond substituents is 1. The molecule has 0 bridgehead atoms. The Morgan fingerprint density at radius 1 is 0.864 bits per heavy atom. The van der Waals surface area contributed by atoms with Gasteiger partial charge in [0.05, 0.1) is 12.6 Å². The third-order valence-electron chi connectivity index (χ3n) is 7.80. The molecule has 0 spiro atoms. The van der Waals surface area contributed by atoms with Gasteiger partial charge in [0.1, 0.15) is 23.9 Å². The quantitative estimate of drug-likeness (QED) is 0.191. The summed E-state index contributed by atoms with van der Waals surface area (Å²) in [7, 11) is 0. The van der Waals surface area contributed by atoms with Gasteiger partial charge in [0, 0.05) is 6.54 Å². The first kappa shape index (κ1) is 31.1. The summed E-state index contributed by atoms with van der Waals surface area (Å²) in [4.78, 5) is 14.2. The molecule has 7 nitrogen and oxygen atoms in total. The molecular weight excluding hydrogens is 554 g/mol. The monoisotopic (exact) mass is 595 g/mol. The molecule has 1 saturated heterocycles. The largest absolute Gasteiger partial charge is 0.504 e. The van der Waals surface area contributed by atoms with Crippen molar-refractivity contribution in [3.05, 3.63) is 131 Å². The number of nitrogens with zero attached hydrogens (tertiary/aromatic N) is 1. The maximum Gasteiger partial charge on any atom is 0.410 e. The minimum atomic E-state index is -0.935. The molecule has 1 aliphatic heterocycles. The summed E-state index contributed by atoms with van der Waals surface area (Å²) < 4.78 is 18.2. The van der Waals surface area contributed by atoms with Gasteiger partial charge in [0.15, 0.2) is 11.5 Å². The first-order valence-corrected chi connectivity index (χ1v) is 15.1. The lowest BCUT2D eigenvalue weighted by Gasteiger charge is -2.36. The van der Waals surface area contributed by atoms with Crippen LogP contribution in [0.5, 0.6) is 11.5 Å². The van der Waals surface area contributed by atoms with Crippen molar-refractivity contribution in [1.82, 2.24) is 4.90 Å². The van der Waals surface area contributed by atoms with Crippen LogP contribution in [0.4, 0.5) is 4.79 Å². The van der Waals surface area contributed by atoms with Crippen LogP contribution < -0.4 is 4.74 Å². The molecule has 0 saturated carbocycles. The van der Waals surface area contributed by atoms with Crippen LogP contribution in [-0.4, -0.2) is 52.1 Å². The molecule has 44 heavy (non-hydrogen) atoms. The van der Waals surface area contributed by atoms with Crippen LogP contribution in [0, 0.1) is 0 Å². The van der Waals surface area contributed by atoms with E-state index in [4.69, 9.17) is 14.2 Å². The van der Waals surface area contributed by atoms with Crippen LogP contribution >= 0.6 is 0 Å². The van der Waals surface area contributed by atoms with Crippen molar-refractivity contribution < 1.29 is 29.2 Å². The molecular formula is C37H41NO6. The number of hydrogen-bond donors (Lipinski definition) is 2. The highest BCUT2D eigenvalue weighted by Crippen LogP contribution is 2.41. The molecule has 5 rings (SSSR count). The van der Waals surface area contributed by atoms with Crippen LogP contribution in [0.25, 0.3) is 0 Å². The number of aliphatic hydroxyl groups excluding tert-OH is 1. The van der Waals surface area contributed by atoms with E-state index < -0.39 is 29.4 Å². The summed E-state index contributed by atoms with van der Waals surface area (Å²) in [6, 6.07) is 35.1. The lowest BCUT2D eigenvalue weighted by molar-refractivity contribution is -0.00382. The average Bonchev–Trinajstić information content (AvgIpc) is 3.52. The number of amides is 1. The van der Waals surface area contributed by atoms with Gasteiger partial charge in [-0.3, -0.25) is 0 Å². The molecule has 1 heterocycles. The molecule has 7 heteroatoms. The van der Waals surface area contributed by atoms with Crippen molar-refractivity contribution in [3.8, 4) is 11.5 Å². The summed E-state index contributed by atoms with van der Waals surface area (Å²) in [5, 5.41) is 21.8. The van der Waals surface area contributed by atoms with Crippen molar-refractivity contribution in [2.45, 2.75) is 63.6 Å². The Morgan fingerprint density at radius 3 is 1.91 bits per heavy atom. The molecule has 1 amide bonds. The smallest absolute Gasteiger partial charge is 0.410 e. The summed E-state index contributed by atoms with van der Waals surface area (Å²) in [5.74, 6) is 0.188. The van der Waals surface area contributed by atoms with E-state index in [0.29, 0.717) is 13.0 Å². The second-order valence-corrected chi connectivity index (χ2v) is 12.1. The maximum absolute atomic E-state index is 12.6. The molecule has 4 aromatic carbocycles. The van der Waals surface area contributed by atoms with Gasteiger partial charge in [0.25, 0.3) is 0 Å². The standard InChI is InChI=1S/C37H41NO6/c1-36(2,3)44-35(41)38-23-13-20-31(38)33(40)26-42-34-22-21-27(24-32(34)39)25-43-37(28-14-7-4-8-15-28,29-16-9-5-10-17-29)30-18-11-6-12-19-30/h4-12,14-19,21-22,24,31,33,39-40H,13,20,23,25-26H2,1-3H3/t31-,33+/m0/s1. The predicted molar refractivity (Wildman–Crippen MR) is 170 cm³/mol. The highest BCUT2D eigenvalue weighted by molar-refractivity contribution is 5.69. The number of carbonyl (C=O) groups is 1. The van der Waals surface area contributed by atoms with Gasteiger partial charge in [-0.25, -0.2) is 4.79 Å². The zero-order valence-electron chi connectivity index (χ0n) is 25.6. The normalized spacial score (nSPS) is 16.0. The third kappa shape index (κ3) is 7.07. The second kappa shape index (κ2) is 13.5. The van der Waals surface area contributed by atoms with Crippen molar-refractivity contribution in [1.29, 1.82) is 0 Å². The first-order chi connectivity index (χ1) is 21.2. The Kier molecular flexibility index (Phi) is 9.57. The van der Waals surface area contributed by atoms with E-state index in [2.05, 4.69) is 36.4 Å². The summed E-state index contributed by atoms with van der Waals surface area (Å²) in [5.41, 5.74) is 2.22. The zero-order chi connectivity index (χ0) is 31.2. The number of aromatic hydroxyl groups is 1. The predicted octanol–water partition coefficient (Wildman–Crippen LogP) is 7.04. The van der Waals surface area contributed by atoms with Gasteiger partial charge < -0.3 is 29.3 Å². The highest BCUT2D eigenvalue weighted by atomic mass is 16.6. The fourth-order valence-electron chi connectivity index (χ4n) is 5.76. The molecule has 0 unspecified atom stereocenters. The number of likely N-dealkylation sites (tertiary alicyclic amines) is 1. The number of rotatable bonds is 10. The van der Waals surface area contributed by atoms with Gasteiger partial charge >= 0.3 is 6.09 Å². The number of phenols is 1. The minimum Gasteiger partial charge on any atom is -0.504 e. The Balaban J connectivity index is 1.31. The Hall–Kier alpha value is -4.33. The van der Waals surface area contributed by atoms with E-state index in [1.54, 1.807) is 17.0 Å². The molecule has 2 N–H and O–H groups in total. The summed E-state index contributed by atoms with van der Waals surface area (Å²) in [6.07, 6.45) is 0.0505. The highest BCUT2D eigenvalue weighted by Gasteiger charge is 2.38. The first-order valence-electron chi connectivity index (χ1n) is 15.1. The number of carbonyl (C=O) groups excluding carboxylic acids is 1. The van der Waals surface area contributed by atoms with Gasteiger partial charge in [-0.2, -0.15) is 0 Å². The van der Waals surface area contributed by atoms with Gasteiger partial charge in [0.2, 0.25) is 0 Å². The molecule has 1 aliphatic rings. The zero-order valence-corrected chi connectivity index (χ0v) is 25.6. The fourth-order valence-corrected chi connectivity index (χ4v) is 5.76. The fraction of sp³-hybridized carbons (Fsp3) is 0.324. The average molecular weight is 596 g/mol. The van der Waals surface area contributed by atoms with Gasteiger partial charge in [-0.15, -0.1) is 0 Å². The van der Waals surface area contributed by atoms with E-state index in [9.17, 15) is 15.0 Å². The topological polar surface area (TPSA) is 88.5 Å². The Morgan fingerprint density at radius 2 is 1.41 bits per heavy atom. The van der Waals surface area contributed by atoms with E-state index in [0.717, 1.165) is 28.7 Å². The Bertz CT molecular complexity index is 1410. The second-order valence-electron chi connectivity index (χ2n) is 12.1. The molecule has 230 valence electrons. The summed E-state index contributed by atoms with van der Waals surface area (Å²) >= 11 is 0. The number of aliphatic hydroxyl groups is 1. The van der Waals surface area contributed by atoms with Gasteiger partial charge in [-0.1, -0.05) is 97.1 Å². The number of hydrogen-bond acceptors (Lipinski definition) is 6. The van der Waals surface area contributed by atoms with E-state index in [-0.39, 0.29) is 24.7 Å². The molecule has 0 aromatic heterocycles. The minimum absolute atomic E-state index is 0.0570. The van der Waals surface area contributed by atoms with Crippen molar-refractivity contribution in [2.75, 3.05) is 13.2 Å². The molecule has 0 aliphatic carbocycles. The van der Waals surface area contributed by atoms with Crippen LogP contribution in [0.2, 0.25) is 0 Å². The number of ether oxygens (including phenoxy) is 3. The van der Waals surface area contributed by atoms with Crippen LogP contribution in [-0.2, 0) is 21.7 Å². The summed E-state index contributed by atoms with van der Waals surface area (Å²) in [6.45, 7) is 6.11. The van der Waals surface area contributed by atoms with Crippen molar-refractivity contribution >= 4 is 6.09 Å². The van der Waals surface area contributed by atoms with Crippen molar-refractivity contribution in [2.24, 2.45) is 0 Å². The van der Waals surface area contributed by atoms with Crippen molar-refractivity contribution in [3.63, 3.8) is 0 Å². The SMILES string of the molecule is CC(C)(C)OC(=O)N1CCC[C@H]1[C@H](O)COc1ccc(COC(c2ccccc2)(c2ccccc2)c2ccccc2)cc1O.